The van der Waals surface area contributed by atoms with Crippen LogP contribution in [0.2, 0.25) is 0 Å². The Labute approximate surface area is 128 Å². The van der Waals surface area contributed by atoms with Crippen molar-refractivity contribution in [3.63, 3.8) is 0 Å². The van der Waals surface area contributed by atoms with Crippen LogP contribution in [-0.4, -0.2) is 55.2 Å². The van der Waals surface area contributed by atoms with Crippen molar-refractivity contribution in [2.45, 2.75) is 26.4 Å². The minimum absolute atomic E-state index is 0.265. The fourth-order valence-corrected chi connectivity index (χ4v) is 2.31. The summed E-state index contributed by atoms with van der Waals surface area (Å²) in [6.45, 7) is 8.31. The minimum Gasteiger partial charge on any atom is -0.388 e. The zero-order valence-electron chi connectivity index (χ0n) is 13.7. The van der Waals surface area contributed by atoms with Crippen molar-refractivity contribution >= 4 is 0 Å². The van der Waals surface area contributed by atoms with Crippen LogP contribution in [0.5, 0.6) is 0 Å². The zero-order valence-corrected chi connectivity index (χ0v) is 13.7. The molecule has 0 bridgehead atoms. The highest BCUT2D eigenvalue weighted by Gasteiger charge is 2.12. The number of aliphatic hydroxyl groups is 1. The molecule has 1 aromatic carbocycles. The molecule has 0 heterocycles. The summed E-state index contributed by atoms with van der Waals surface area (Å²) in [6.07, 6.45) is 0.144. The summed E-state index contributed by atoms with van der Waals surface area (Å²) in [6, 6.07) is 6.12. The Morgan fingerprint density at radius 3 is 2.19 bits per heavy atom. The molecule has 0 fully saturated rings. The Bertz CT molecular complexity index is 392. The number of hydrogen-bond acceptors (Lipinski definition) is 3. The van der Waals surface area contributed by atoms with Crippen LogP contribution in [0.4, 0.5) is 4.39 Å². The Balaban J connectivity index is 2.48. The van der Waals surface area contributed by atoms with Crippen molar-refractivity contribution in [2.75, 3.05) is 40.3 Å². The molecule has 0 aliphatic rings. The van der Waals surface area contributed by atoms with Crippen molar-refractivity contribution in [3.8, 4) is 0 Å². The van der Waals surface area contributed by atoms with Gasteiger partial charge in [0.05, 0.1) is 6.10 Å². The second kappa shape index (κ2) is 9.13. The van der Waals surface area contributed by atoms with E-state index in [1.54, 1.807) is 12.1 Å². The van der Waals surface area contributed by atoms with Gasteiger partial charge in [-0.05, 0) is 44.1 Å². The summed E-state index contributed by atoms with van der Waals surface area (Å²) >= 11 is 0. The second-order valence-electron chi connectivity index (χ2n) is 6.35. The van der Waals surface area contributed by atoms with E-state index in [0.29, 0.717) is 12.3 Å². The van der Waals surface area contributed by atoms with Crippen LogP contribution >= 0.6 is 0 Å². The molecular weight excluding hydrogens is 267 g/mol. The predicted molar refractivity (Wildman–Crippen MR) is 85.8 cm³/mol. The lowest BCUT2D eigenvalue weighted by Gasteiger charge is -2.26. The number of rotatable bonds is 9. The van der Waals surface area contributed by atoms with Gasteiger partial charge < -0.3 is 14.9 Å². The van der Waals surface area contributed by atoms with Gasteiger partial charge in [-0.15, -0.1) is 0 Å². The molecule has 1 N–H and O–H groups in total. The number of aliphatic hydroxyl groups excluding tert-OH is 1. The Hall–Kier alpha value is -0.970. The molecule has 1 rings (SSSR count). The van der Waals surface area contributed by atoms with E-state index < -0.39 is 6.10 Å². The average molecular weight is 296 g/mol. The monoisotopic (exact) mass is 296 g/mol. The van der Waals surface area contributed by atoms with Gasteiger partial charge in [-0.2, -0.15) is 0 Å². The Morgan fingerprint density at radius 2 is 1.67 bits per heavy atom. The van der Waals surface area contributed by atoms with Crippen LogP contribution < -0.4 is 0 Å². The molecule has 1 atom stereocenters. The number of halogens is 1. The topological polar surface area (TPSA) is 26.7 Å². The average Bonchev–Trinajstić information content (AvgIpc) is 2.41. The first-order valence-corrected chi connectivity index (χ1v) is 7.69. The quantitative estimate of drug-likeness (QED) is 0.759. The third kappa shape index (κ3) is 7.55. The molecule has 0 radical (unpaired) electrons. The number of nitrogens with zero attached hydrogens (tertiary/aromatic N) is 2. The van der Waals surface area contributed by atoms with E-state index >= 15 is 0 Å². The first-order chi connectivity index (χ1) is 9.88. The van der Waals surface area contributed by atoms with E-state index in [4.69, 9.17) is 0 Å². The molecule has 0 amide bonds. The summed E-state index contributed by atoms with van der Waals surface area (Å²) in [5.74, 6) is 0.341. The molecule has 120 valence electrons. The number of hydrogen-bond donors (Lipinski definition) is 1. The molecule has 21 heavy (non-hydrogen) atoms. The maximum Gasteiger partial charge on any atom is 0.123 e. The van der Waals surface area contributed by atoms with E-state index in [1.807, 2.05) is 0 Å². The van der Waals surface area contributed by atoms with Gasteiger partial charge in [-0.25, -0.2) is 4.39 Å². The van der Waals surface area contributed by atoms with Gasteiger partial charge in [-0.3, -0.25) is 0 Å². The Kier molecular flexibility index (Phi) is 7.86. The molecule has 1 unspecified atom stereocenters. The molecule has 0 spiro atoms. The van der Waals surface area contributed by atoms with Gasteiger partial charge in [0, 0.05) is 26.2 Å². The van der Waals surface area contributed by atoms with E-state index in [2.05, 4.69) is 37.7 Å². The zero-order chi connectivity index (χ0) is 15.8. The normalized spacial score (nSPS) is 13.4. The SMILES string of the molecule is CC(C)CN(CCC(O)c1ccc(F)cc1)CCN(C)C. The molecule has 0 aliphatic carbocycles. The van der Waals surface area contributed by atoms with E-state index in [1.165, 1.54) is 12.1 Å². The molecule has 1 aromatic rings. The second-order valence-corrected chi connectivity index (χ2v) is 6.35. The number of likely N-dealkylation sites (N-methyl/N-ethyl adjacent to an activating group) is 1. The van der Waals surface area contributed by atoms with Crippen molar-refractivity contribution < 1.29 is 9.50 Å². The fourth-order valence-electron chi connectivity index (χ4n) is 2.31. The predicted octanol–water partition coefficient (Wildman–Crippen LogP) is 2.77. The molecule has 4 heteroatoms. The maximum absolute atomic E-state index is 12.9. The van der Waals surface area contributed by atoms with Crippen LogP contribution in [-0.2, 0) is 0 Å². The molecule has 0 aliphatic heterocycles. The molecule has 0 aromatic heterocycles. The van der Waals surface area contributed by atoms with E-state index in [-0.39, 0.29) is 5.82 Å². The van der Waals surface area contributed by atoms with Crippen LogP contribution in [0.1, 0.15) is 31.9 Å². The van der Waals surface area contributed by atoms with Crippen LogP contribution in [0.25, 0.3) is 0 Å². The standard InChI is InChI=1S/C17H29FN2O/c1-14(2)13-20(12-11-19(3)4)10-9-17(21)15-5-7-16(18)8-6-15/h5-8,14,17,21H,9-13H2,1-4H3. The third-order valence-corrected chi connectivity index (χ3v) is 3.46. The summed E-state index contributed by atoms with van der Waals surface area (Å²) in [7, 11) is 4.14. The minimum atomic E-state index is -0.528. The van der Waals surface area contributed by atoms with Gasteiger partial charge in [0.15, 0.2) is 0 Å². The lowest BCUT2D eigenvalue weighted by atomic mass is 10.1. The third-order valence-electron chi connectivity index (χ3n) is 3.46. The van der Waals surface area contributed by atoms with Crippen molar-refractivity contribution in [2.24, 2.45) is 5.92 Å². The van der Waals surface area contributed by atoms with Crippen molar-refractivity contribution in [3.05, 3.63) is 35.6 Å². The van der Waals surface area contributed by atoms with Gasteiger partial charge in [0.25, 0.3) is 0 Å². The summed E-state index contributed by atoms with van der Waals surface area (Å²) in [5.41, 5.74) is 0.786. The molecular formula is C17H29FN2O. The first-order valence-electron chi connectivity index (χ1n) is 7.69. The molecule has 0 saturated carbocycles. The van der Waals surface area contributed by atoms with Crippen molar-refractivity contribution in [1.29, 1.82) is 0 Å². The number of benzene rings is 1. The Morgan fingerprint density at radius 1 is 1.05 bits per heavy atom. The van der Waals surface area contributed by atoms with Crippen LogP contribution in [0.3, 0.4) is 0 Å². The van der Waals surface area contributed by atoms with E-state index in [9.17, 15) is 9.50 Å². The summed E-state index contributed by atoms with van der Waals surface area (Å²) < 4.78 is 12.9. The summed E-state index contributed by atoms with van der Waals surface area (Å²) in [4.78, 5) is 4.56. The molecule has 0 saturated heterocycles. The highest BCUT2D eigenvalue weighted by atomic mass is 19.1. The van der Waals surface area contributed by atoms with Gasteiger partial charge in [0.1, 0.15) is 5.82 Å². The summed E-state index contributed by atoms with van der Waals surface area (Å²) in [5, 5.41) is 10.2. The largest absolute Gasteiger partial charge is 0.388 e. The van der Waals surface area contributed by atoms with Gasteiger partial charge in [0.2, 0.25) is 0 Å². The smallest absolute Gasteiger partial charge is 0.123 e. The highest BCUT2D eigenvalue weighted by molar-refractivity contribution is 5.18. The molecule has 3 nitrogen and oxygen atoms in total. The van der Waals surface area contributed by atoms with E-state index in [0.717, 1.165) is 31.7 Å². The van der Waals surface area contributed by atoms with Crippen molar-refractivity contribution in [1.82, 2.24) is 9.80 Å². The van der Waals surface area contributed by atoms with Gasteiger partial charge >= 0.3 is 0 Å². The first kappa shape index (κ1) is 18.1. The highest BCUT2D eigenvalue weighted by Crippen LogP contribution is 2.17. The lowest BCUT2D eigenvalue weighted by molar-refractivity contribution is 0.133. The van der Waals surface area contributed by atoms with Crippen LogP contribution in [0.15, 0.2) is 24.3 Å². The fraction of sp³-hybridized carbons (Fsp3) is 0.647. The van der Waals surface area contributed by atoms with Crippen LogP contribution in [0, 0.1) is 11.7 Å². The lowest BCUT2D eigenvalue weighted by Crippen LogP contribution is -2.35. The maximum atomic E-state index is 12.9. The van der Waals surface area contributed by atoms with Gasteiger partial charge in [-0.1, -0.05) is 26.0 Å².